The molecule has 1 saturated heterocycles. The van der Waals surface area contributed by atoms with Gasteiger partial charge >= 0.3 is 0 Å². The van der Waals surface area contributed by atoms with Crippen LogP contribution in [0.5, 0.6) is 0 Å². The summed E-state index contributed by atoms with van der Waals surface area (Å²) in [6, 6.07) is -0.420. The minimum Gasteiger partial charge on any atom is -0.400 e. The molecule has 276 valence electrons. The molecule has 4 rings (SSSR count). The third-order valence-electron chi connectivity index (χ3n) is 9.00. The van der Waals surface area contributed by atoms with Gasteiger partial charge in [0.15, 0.2) is 5.78 Å². The summed E-state index contributed by atoms with van der Waals surface area (Å²) in [5.74, 6) is 3.26. The number of nitroso groups, excluding NO2 is 1. The molecule has 7 N–H and O–H groups in total. The fraction of sp³-hybridized carbons (Fsp3) is 0.912. The number of carbonyl (C=O) groups is 2. The Balaban J connectivity index is -0.000000569. The normalized spacial score (nSPS) is 27.2. The minimum absolute atomic E-state index is 0.0678. The van der Waals surface area contributed by atoms with Crippen molar-refractivity contribution < 1.29 is 18.9 Å². The van der Waals surface area contributed by atoms with Crippen LogP contribution in [0.3, 0.4) is 0 Å². The molecule has 12 heteroatoms. The van der Waals surface area contributed by atoms with E-state index in [0.29, 0.717) is 18.1 Å². The number of aliphatic imine (C=N–C) groups is 1. The molecule has 0 spiro atoms. The minimum atomic E-state index is -0.766. The highest BCUT2D eigenvalue weighted by molar-refractivity contribution is 8.31. The zero-order valence-corrected chi connectivity index (χ0v) is 32.9. The lowest BCUT2D eigenvalue weighted by Gasteiger charge is -2.73. The molecular formula is C34H74N6O5S. The highest BCUT2D eigenvalue weighted by atomic mass is 32.3. The number of hydrogen-bond acceptors (Lipinski definition) is 8. The molecule has 2 bridgehead atoms. The van der Waals surface area contributed by atoms with Gasteiger partial charge in [0.2, 0.25) is 11.9 Å². The summed E-state index contributed by atoms with van der Waals surface area (Å²) in [7, 11) is 0.234. The van der Waals surface area contributed by atoms with Crippen molar-refractivity contribution in [3.63, 3.8) is 0 Å². The molecule has 1 aliphatic heterocycles. The summed E-state index contributed by atoms with van der Waals surface area (Å²) < 4.78 is 6.56. The summed E-state index contributed by atoms with van der Waals surface area (Å²) >= 11 is 0. The first-order valence-electron chi connectivity index (χ1n) is 17.2. The molecule has 3 aliphatic carbocycles. The van der Waals surface area contributed by atoms with E-state index in [1.807, 2.05) is 26.2 Å². The van der Waals surface area contributed by atoms with Gasteiger partial charge in [-0.15, -0.1) is 15.2 Å². The Morgan fingerprint density at radius 1 is 1.04 bits per heavy atom. The Morgan fingerprint density at radius 2 is 1.57 bits per heavy atom. The topological polar surface area (TPSA) is 181 Å². The van der Waals surface area contributed by atoms with Gasteiger partial charge in [0.25, 0.3) is 0 Å². The molecule has 46 heavy (non-hydrogen) atoms. The van der Waals surface area contributed by atoms with Gasteiger partial charge in [-0.2, -0.15) is 0 Å². The first kappa shape index (κ1) is 48.6. The zero-order valence-electron chi connectivity index (χ0n) is 32.1. The van der Waals surface area contributed by atoms with E-state index in [1.165, 1.54) is 32.6 Å². The molecule has 6 unspecified atom stereocenters. The Hall–Kier alpha value is -1.76. The monoisotopic (exact) mass is 679 g/mol. The molecular weight excluding hydrogens is 604 g/mol. The van der Waals surface area contributed by atoms with Crippen molar-refractivity contribution in [2.45, 2.75) is 145 Å². The molecule has 7 atom stereocenters. The number of guanidine groups is 1. The molecule has 0 aromatic heterocycles. The van der Waals surface area contributed by atoms with Crippen molar-refractivity contribution in [3.8, 4) is 0 Å². The summed E-state index contributed by atoms with van der Waals surface area (Å²) in [6.07, 6.45) is 9.55. The van der Waals surface area contributed by atoms with Gasteiger partial charge < -0.3 is 26.1 Å². The van der Waals surface area contributed by atoms with E-state index in [4.69, 9.17) is 20.8 Å². The second-order valence-electron chi connectivity index (χ2n) is 13.5. The Kier molecular flexibility index (Phi) is 26.7. The maximum Gasteiger partial charge on any atom is 0.234 e. The van der Waals surface area contributed by atoms with Crippen molar-refractivity contribution in [1.82, 2.24) is 10.7 Å². The number of aliphatic hydroxyl groups is 1. The number of nitrogens with zero attached hydrogens (tertiary/aromatic N) is 2. The number of hydrogen-bond donors (Lipinski definition) is 5. The third-order valence-corrected chi connectivity index (χ3v) is 13.1. The number of amides is 1. The van der Waals surface area contributed by atoms with Crippen molar-refractivity contribution >= 4 is 28.0 Å². The molecule has 4 aliphatic rings. The quantitative estimate of drug-likeness (QED) is 0.0771. The molecule has 1 heterocycles. The van der Waals surface area contributed by atoms with E-state index in [1.54, 1.807) is 6.92 Å². The predicted molar refractivity (Wildman–Crippen MR) is 199 cm³/mol. The van der Waals surface area contributed by atoms with Gasteiger partial charge in [-0.05, 0) is 74.9 Å². The van der Waals surface area contributed by atoms with Gasteiger partial charge in [-0.3, -0.25) is 14.6 Å². The van der Waals surface area contributed by atoms with E-state index in [9.17, 15) is 14.5 Å². The Bertz CT molecular complexity index is 873. The van der Waals surface area contributed by atoms with Gasteiger partial charge in [0.1, 0.15) is 0 Å². The summed E-state index contributed by atoms with van der Waals surface area (Å²) in [5.41, 5.74) is 12.7. The van der Waals surface area contributed by atoms with E-state index >= 15 is 0 Å². The number of aliphatic hydroxyl groups excluding tert-OH is 1. The highest BCUT2D eigenvalue weighted by Gasteiger charge is 2.67. The first-order chi connectivity index (χ1) is 21.4. The standard InChI is InChI=1S/C16H30OS.C6H12N2O2.C5H12.C4H10N4O.C2H6.CH4O/c1-10(2)7-11(3)18(6)14-9-12-8-13(15(14)17-18)16(12,4)5;1-4(5(2)9)8-6(10)3-7;1-4-5(2)3;1-2-3-6-4(5)7-8-9;2*1-2/h10-15H,7-9H2,1-6H3;4H,3,7H2,1-2H3,(H,8,10);5H,4H2,1-3H3;2-3H2,1H3,(H3,5,6,7,9);1-2H3;2H,1H3/t11?,12?,13?,14?,15-;;;;;/m0...../s1. The van der Waals surface area contributed by atoms with Crippen LogP contribution in [0.1, 0.15) is 122 Å². The molecule has 1 amide bonds. The lowest BCUT2D eigenvalue weighted by atomic mass is 9.47. The van der Waals surface area contributed by atoms with Crippen LogP contribution in [0.2, 0.25) is 0 Å². The van der Waals surface area contributed by atoms with Crippen molar-refractivity contribution in [2.24, 2.45) is 50.8 Å². The molecule has 0 aromatic rings. The number of nitrogens with one attached hydrogen (secondary N) is 2. The average Bonchev–Trinajstić information content (AvgIpc) is 3.01. The van der Waals surface area contributed by atoms with Crippen molar-refractivity contribution in [3.05, 3.63) is 4.91 Å². The summed E-state index contributed by atoms with van der Waals surface area (Å²) in [6.45, 7) is 28.3. The van der Waals surface area contributed by atoms with Gasteiger partial charge in [-0.1, -0.05) is 82.6 Å². The van der Waals surface area contributed by atoms with Crippen LogP contribution >= 0.6 is 10.3 Å². The maximum atomic E-state index is 10.5. The van der Waals surface area contributed by atoms with Crippen LogP contribution in [0.15, 0.2) is 10.3 Å². The van der Waals surface area contributed by atoms with E-state index in [0.717, 1.165) is 47.7 Å². The average molecular weight is 679 g/mol. The van der Waals surface area contributed by atoms with Gasteiger partial charge in [-0.25, -0.2) is 5.43 Å². The smallest absolute Gasteiger partial charge is 0.234 e. The maximum absolute atomic E-state index is 10.5. The van der Waals surface area contributed by atoms with Crippen LogP contribution < -0.4 is 22.2 Å². The Morgan fingerprint density at radius 3 is 1.91 bits per heavy atom. The van der Waals surface area contributed by atoms with E-state index in [-0.39, 0.29) is 24.2 Å². The van der Waals surface area contributed by atoms with Crippen LogP contribution in [0, 0.1) is 34.0 Å². The van der Waals surface area contributed by atoms with E-state index < -0.39 is 16.4 Å². The molecule has 11 nitrogen and oxygen atoms in total. The zero-order chi connectivity index (χ0) is 36.8. The van der Waals surface area contributed by atoms with Crippen LogP contribution in [-0.2, 0) is 13.8 Å². The summed E-state index contributed by atoms with van der Waals surface area (Å²) in [5, 5.41) is 13.5. The second-order valence-corrected chi connectivity index (χ2v) is 17.0. The van der Waals surface area contributed by atoms with Crippen molar-refractivity contribution in [2.75, 3.05) is 26.5 Å². The SMILES string of the molecule is CC.CC(=O)C(C)NC(=O)CN.CC(C)CC(C)S1(C)O[C@H]2C3CC(CC21)C3(C)C.CCC(C)C.CCCN=C(N)NN=O.CO. The van der Waals surface area contributed by atoms with E-state index in [2.05, 4.69) is 77.2 Å². The second kappa shape index (κ2) is 25.3. The molecule has 0 radical (unpaired) electrons. The number of rotatable bonds is 10. The van der Waals surface area contributed by atoms with Crippen LogP contribution in [-0.4, -0.2) is 71.9 Å². The predicted octanol–water partition coefficient (Wildman–Crippen LogP) is 6.31. The largest absolute Gasteiger partial charge is 0.400 e. The molecule has 3 saturated carbocycles. The number of Topliss-reactive ketones (excluding diaryl/α,β-unsaturated/α-hetero) is 1. The lowest BCUT2D eigenvalue weighted by Crippen LogP contribution is -2.67. The van der Waals surface area contributed by atoms with Gasteiger partial charge in [0.05, 0.1) is 24.0 Å². The highest BCUT2D eigenvalue weighted by Crippen LogP contribution is 2.77. The van der Waals surface area contributed by atoms with Crippen LogP contribution in [0.25, 0.3) is 0 Å². The third kappa shape index (κ3) is 16.4. The Labute approximate surface area is 284 Å². The van der Waals surface area contributed by atoms with Gasteiger partial charge in [0, 0.05) is 24.2 Å². The number of nitrogens with two attached hydrogens (primary N) is 2. The van der Waals surface area contributed by atoms with Crippen LogP contribution in [0.4, 0.5) is 0 Å². The van der Waals surface area contributed by atoms with Crippen molar-refractivity contribution in [1.29, 1.82) is 0 Å². The molecule has 0 aromatic carbocycles. The fourth-order valence-electron chi connectivity index (χ4n) is 5.50. The summed E-state index contributed by atoms with van der Waals surface area (Å²) in [4.78, 5) is 34.3. The first-order valence-corrected chi connectivity index (χ1v) is 19.3. The number of carbonyl (C=O) groups excluding carboxylic acids is 2. The number of ketones is 1. The molecule has 4 fully saturated rings. The fourth-order valence-corrected chi connectivity index (χ4v) is 9.16. The lowest BCUT2D eigenvalue weighted by molar-refractivity contribution is -0.143.